The first-order valence-corrected chi connectivity index (χ1v) is 8.46. The average Bonchev–Trinajstić information content (AvgIpc) is 2.97. The van der Waals surface area contributed by atoms with E-state index in [1.54, 1.807) is 0 Å². The molecule has 23 heavy (non-hydrogen) atoms. The highest BCUT2D eigenvalue weighted by Gasteiger charge is 2.19. The molecule has 1 aromatic rings. The summed E-state index contributed by atoms with van der Waals surface area (Å²) in [7, 11) is 1.44. The summed E-state index contributed by atoms with van der Waals surface area (Å²) >= 11 is 0. The molecule has 1 aliphatic carbocycles. The van der Waals surface area contributed by atoms with Crippen molar-refractivity contribution in [3.05, 3.63) is 41.0 Å². The van der Waals surface area contributed by atoms with E-state index in [1.165, 1.54) is 36.7 Å². The van der Waals surface area contributed by atoms with Gasteiger partial charge in [0.25, 0.3) is 0 Å². The second-order valence-corrected chi connectivity index (χ2v) is 6.27. The summed E-state index contributed by atoms with van der Waals surface area (Å²) in [5, 5.41) is 0. The van der Waals surface area contributed by atoms with Crippen molar-refractivity contribution in [2.45, 2.75) is 52.4 Å². The van der Waals surface area contributed by atoms with Crippen LogP contribution in [0.5, 0.6) is 0 Å². The Hall–Kier alpha value is -1.90. The van der Waals surface area contributed by atoms with E-state index in [2.05, 4.69) is 49.1 Å². The maximum atomic E-state index is 11.2. The van der Waals surface area contributed by atoms with Gasteiger partial charge in [-0.05, 0) is 63.0 Å². The van der Waals surface area contributed by atoms with Gasteiger partial charge in [-0.15, -0.1) is 0 Å². The molecule has 0 aromatic heterocycles. The summed E-state index contributed by atoms with van der Waals surface area (Å²) < 4.78 is 4.69. The predicted octanol–water partition coefficient (Wildman–Crippen LogP) is 5.08. The second kappa shape index (κ2) is 8.66. The van der Waals surface area contributed by atoms with E-state index in [4.69, 9.17) is 4.99 Å². The first kappa shape index (κ1) is 17.5. The van der Waals surface area contributed by atoms with E-state index < -0.39 is 0 Å². The van der Waals surface area contributed by atoms with Crippen molar-refractivity contribution in [2.75, 3.05) is 7.11 Å². The van der Waals surface area contributed by atoms with Crippen LogP contribution in [0.15, 0.2) is 34.8 Å². The molecule has 0 spiro atoms. The van der Waals surface area contributed by atoms with Gasteiger partial charge in [-0.2, -0.15) is 0 Å². The maximum Gasteiger partial charge on any atom is 0.305 e. The molecule has 0 saturated heterocycles. The van der Waals surface area contributed by atoms with Crippen molar-refractivity contribution in [1.29, 1.82) is 0 Å². The molecule has 1 saturated carbocycles. The Morgan fingerprint density at radius 3 is 2.78 bits per heavy atom. The zero-order valence-corrected chi connectivity index (χ0v) is 14.5. The molecule has 3 heteroatoms. The third-order valence-corrected chi connectivity index (χ3v) is 4.57. The van der Waals surface area contributed by atoms with Crippen molar-refractivity contribution >= 4 is 17.9 Å². The van der Waals surface area contributed by atoms with Gasteiger partial charge in [-0.25, -0.2) is 0 Å². The Kier molecular flexibility index (Phi) is 6.57. The summed E-state index contributed by atoms with van der Waals surface area (Å²) in [4.78, 5) is 15.9. The number of aliphatic imine (C=N–C) groups is 1. The number of carbonyl (C=O) groups excluding carboxylic acids is 1. The Balaban J connectivity index is 1.92. The van der Waals surface area contributed by atoms with E-state index in [0.717, 1.165) is 24.9 Å². The molecule has 2 rings (SSSR count). The third kappa shape index (κ3) is 5.05. The largest absolute Gasteiger partial charge is 0.469 e. The fourth-order valence-electron chi connectivity index (χ4n) is 3.24. The maximum absolute atomic E-state index is 11.2. The zero-order valence-electron chi connectivity index (χ0n) is 14.5. The summed E-state index contributed by atoms with van der Waals surface area (Å²) in [5.41, 5.74) is 5.03. The van der Waals surface area contributed by atoms with Crippen LogP contribution in [0.25, 0.3) is 0 Å². The highest BCUT2D eigenvalue weighted by molar-refractivity contribution is 5.69. The number of ether oxygens (including phenoxy) is 1. The number of para-hydroxylation sites is 1. The average molecular weight is 313 g/mol. The predicted molar refractivity (Wildman–Crippen MR) is 95.4 cm³/mol. The Morgan fingerprint density at radius 2 is 2.09 bits per heavy atom. The molecule has 0 heterocycles. The monoisotopic (exact) mass is 313 g/mol. The Labute approximate surface area is 139 Å². The molecule has 1 fully saturated rings. The lowest BCUT2D eigenvalue weighted by Crippen LogP contribution is -2.00. The number of allylic oxidation sites excluding steroid dienone is 2. The Bertz CT molecular complexity index is 581. The lowest BCUT2D eigenvalue weighted by molar-refractivity contribution is -0.140. The third-order valence-electron chi connectivity index (χ3n) is 4.57. The summed E-state index contributed by atoms with van der Waals surface area (Å²) in [6, 6.07) is 6.28. The van der Waals surface area contributed by atoms with Gasteiger partial charge < -0.3 is 4.74 Å². The van der Waals surface area contributed by atoms with Gasteiger partial charge in [0.2, 0.25) is 0 Å². The lowest BCUT2D eigenvalue weighted by atomic mass is 9.98. The number of aryl methyl sites for hydroxylation is 2. The molecular formula is C20H27NO2. The van der Waals surface area contributed by atoms with Gasteiger partial charge >= 0.3 is 5.97 Å². The number of hydrogen-bond donors (Lipinski definition) is 0. The molecular weight excluding hydrogens is 286 g/mol. The molecule has 3 nitrogen and oxygen atoms in total. The standard InChI is InChI=1S/C20H27NO2/c1-15-7-4-8-16(2)20(15)21-14-13-18-10-5-9-17(18)11-6-12-19(22)23-3/h4,7-8,11,14,18H,5-6,9-10,12-13H2,1-3H3. The minimum Gasteiger partial charge on any atom is -0.469 e. The van der Waals surface area contributed by atoms with Crippen LogP contribution in [0.3, 0.4) is 0 Å². The van der Waals surface area contributed by atoms with Gasteiger partial charge in [0.1, 0.15) is 0 Å². The smallest absolute Gasteiger partial charge is 0.305 e. The van der Waals surface area contributed by atoms with Gasteiger partial charge in [-0.3, -0.25) is 9.79 Å². The fraction of sp³-hybridized carbons (Fsp3) is 0.500. The van der Waals surface area contributed by atoms with Gasteiger partial charge in [0.15, 0.2) is 0 Å². The highest BCUT2D eigenvalue weighted by atomic mass is 16.5. The number of carbonyl (C=O) groups is 1. The molecule has 124 valence electrons. The van der Waals surface area contributed by atoms with Gasteiger partial charge in [0.05, 0.1) is 12.8 Å². The number of hydrogen-bond acceptors (Lipinski definition) is 3. The number of methoxy groups -OCH3 is 1. The molecule has 0 N–H and O–H groups in total. The Morgan fingerprint density at radius 1 is 1.35 bits per heavy atom. The van der Waals surface area contributed by atoms with Crippen LogP contribution in [-0.4, -0.2) is 19.3 Å². The number of nitrogens with zero attached hydrogens (tertiary/aromatic N) is 1. The number of rotatable bonds is 6. The van der Waals surface area contributed by atoms with Crippen molar-refractivity contribution in [2.24, 2.45) is 10.9 Å². The lowest BCUT2D eigenvalue weighted by Gasteiger charge is -2.09. The van der Waals surface area contributed by atoms with E-state index in [0.29, 0.717) is 12.3 Å². The van der Waals surface area contributed by atoms with E-state index in [-0.39, 0.29) is 5.97 Å². The summed E-state index contributed by atoms with van der Waals surface area (Å²) in [6.45, 7) is 4.21. The van der Waals surface area contributed by atoms with Crippen molar-refractivity contribution < 1.29 is 9.53 Å². The first-order chi connectivity index (χ1) is 11.1. The normalized spacial score (nSPS) is 19.6. The minimum absolute atomic E-state index is 0.131. The SMILES string of the molecule is COC(=O)CCC=C1CCCC1CC=Nc1c(C)cccc1C. The second-order valence-electron chi connectivity index (χ2n) is 6.27. The van der Waals surface area contributed by atoms with Crippen LogP contribution >= 0.6 is 0 Å². The van der Waals surface area contributed by atoms with Crippen molar-refractivity contribution in [3.8, 4) is 0 Å². The van der Waals surface area contributed by atoms with Crippen molar-refractivity contribution in [1.82, 2.24) is 0 Å². The highest BCUT2D eigenvalue weighted by Crippen LogP contribution is 2.33. The molecule has 0 radical (unpaired) electrons. The molecule has 1 unspecified atom stereocenters. The van der Waals surface area contributed by atoms with Crippen molar-refractivity contribution in [3.63, 3.8) is 0 Å². The number of benzene rings is 1. The molecule has 1 aromatic carbocycles. The molecule has 0 aliphatic heterocycles. The van der Waals surface area contributed by atoms with Crippen LogP contribution in [-0.2, 0) is 9.53 Å². The van der Waals surface area contributed by atoms with E-state index >= 15 is 0 Å². The quantitative estimate of drug-likeness (QED) is 0.417. The molecule has 1 atom stereocenters. The van der Waals surface area contributed by atoms with Gasteiger partial charge in [-0.1, -0.05) is 29.8 Å². The minimum atomic E-state index is -0.131. The van der Waals surface area contributed by atoms with E-state index in [1.807, 2.05) is 0 Å². The summed E-state index contributed by atoms with van der Waals surface area (Å²) in [5.74, 6) is 0.453. The topological polar surface area (TPSA) is 38.7 Å². The molecule has 0 bridgehead atoms. The van der Waals surface area contributed by atoms with Crippen LogP contribution in [0.4, 0.5) is 5.69 Å². The first-order valence-electron chi connectivity index (χ1n) is 8.46. The van der Waals surface area contributed by atoms with Gasteiger partial charge in [0, 0.05) is 12.6 Å². The summed E-state index contributed by atoms with van der Waals surface area (Å²) in [6.07, 6.45) is 10.2. The fourth-order valence-corrected chi connectivity index (χ4v) is 3.24. The van der Waals surface area contributed by atoms with Crippen LogP contribution in [0.2, 0.25) is 0 Å². The number of esters is 1. The van der Waals surface area contributed by atoms with Crippen LogP contribution in [0, 0.1) is 19.8 Å². The molecule has 0 amide bonds. The van der Waals surface area contributed by atoms with Crippen LogP contribution < -0.4 is 0 Å². The van der Waals surface area contributed by atoms with E-state index in [9.17, 15) is 4.79 Å². The van der Waals surface area contributed by atoms with Crippen LogP contribution in [0.1, 0.15) is 49.7 Å². The zero-order chi connectivity index (χ0) is 16.7. The molecule has 1 aliphatic rings.